The summed E-state index contributed by atoms with van der Waals surface area (Å²) in [7, 11) is 0. The van der Waals surface area contributed by atoms with Crippen LogP contribution in [0, 0.1) is 23.0 Å². The highest BCUT2D eigenvalue weighted by Crippen LogP contribution is 2.25. The zero-order chi connectivity index (χ0) is 15.4. The van der Waals surface area contributed by atoms with E-state index in [1.807, 2.05) is 0 Å². The highest BCUT2D eigenvalue weighted by molar-refractivity contribution is 7.98. The van der Waals surface area contributed by atoms with Gasteiger partial charge in [-0.05, 0) is 35.9 Å². The van der Waals surface area contributed by atoms with Gasteiger partial charge in [-0.25, -0.2) is 13.6 Å². The van der Waals surface area contributed by atoms with Crippen molar-refractivity contribution >= 4 is 17.7 Å². The van der Waals surface area contributed by atoms with Crippen molar-refractivity contribution in [2.75, 3.05) is 0 Å². The molecule has 1 N–H and O–H groups in total. The second-order valence-electron chi connectivity index (χ2n) is 4.16. The Morgan fingerprint density at radius 1 is 1.19 bits per heavy atom. The molecule has 0 saturated heterocycles. The number of carboxylic acids is 1. The van der Waals surface area contributed by atoms with E-state index < -0.39 is 23.2 Å². The van der Waals surface area contributed by atoms with Crippen molar-refractivity contribution in [1.29, 1.82) is 5.26 Å². The van der Waals surface area contributed by atoms with E-state index in [1.54, 1.807) is 12.1 Å². The molecule has 0 unspecified atom stereocenters. The molecule has 0 heterocycles. The van der Waals surface area contributed by atoms with Crippen LogP contribution in [0.2, 0.25) is 0 Å². The zero-order valence-corrected chi connectivity index (χ0v) is 11.5. The predicted octanol–water partition coefficient (Wildman–Crippen LogP) is 3.83. The summed E-state index contributed by atoms with van der Waals surface area (Å²) in [6.45, 7) is 0. The number of carbonyl (C=O) groups is 1. The van der Waals surface area contributed by atoms with Gasteiger partial charge in [0.25, 0.3) is 0 Å². The van der Waals surface area contributed by atoms with E-state index in [1.165, 1.54) is 36.0 Å². The van der Waals surface area contributed by atoms with E-state index in [9.17, 15) is 13.6 Å². The minimum absolute atomic E-state index is 0.0431. The van der Waals surface area contributed by atoms with Gasteiger partial charge < -0.3 is 5.11 Å². The van der Waals surface area contributed by atoms with Crippen LogP contribution in [0.15, 0.2) is 41.3 Å². The first-order valence-electron chi connectivity index (χ1n) is 5.85. The van der Waals surface area contributed by atoms with E-state index in [0.29, 0.717) is 10.6 Å². The van der Waals surface area contributed by atoms with E-state index in [4.69, 9.17) is 10.4 Å². The Balaban J connectivity index is 2.15. The normalized spacial score (nSPS) is 10.1. The van der Waals surface area contributed by atoms with E-state index in [-0.39, 0.29) is 5.56 Å². The summed E-state index contributed by atoms with van der Waals surface area (Å²) in [6.07, 6.45) is 0. The standard InChI is InChI=1S/C15H9F2NO2S/c16-13-3-1-9(5-10(13)7-18)8-21-11-2-4-14(17)12(6-11)15(19)20/h1-6H,8H2,(H,19,20). The summed E-state index contributed by atoms with van der Waals surface area (Å²) in [5, 5.41) is 17.6. The third-order valence-corrected chi connectivity index (χ3v) is 3.79. The van der Waals surface area contributed by atoms with Crippen LogP contribution >= 0.6 is 11.8 Å². The summed E-state index contributed by atoms with van der Waals surface area (Å²) in [4.78, 5) is 11.4. The van der Waals surface area contributed by atoms with Crippen LogP contribution in [-0.2, 0) is 5.75 Å². The number of nitriles is 1. The Morgan fingerprint density at radius 2 is 1.90 bits per heavy atom. The lowest BCUT2D eigenvalue weighted by atomic mass is 10.1. The first-order chi connectivity index (χ1) is 10.0. The van der Waals surface area contributed by atoms with Crippen LogP contribution in [0.1, 0.15) is 21.5 Å². The third kappa shape index (κ3) is 3.58. The number of carboxylic acid groups (broad SMARTS) is 1. The Hall–Kier alpha value is -2.39. The Bertz CT molecular complexity index is 741. The molecule has 0 amide bonds. The second-order valence-corrected chi connectivity index (χ2v) is 5.21. The lowest BCUT2D eigenvalue weighted by Crippen LogP contribution is -2.00. The van der Waals surface area contributed by atoms with Crippen LogP contribution in [0.25, 0.3) is 0 Å². The van der Waals surface area contributed by atoms with Gasteiger partial charge in [0.2, 0.25) is 0 Å². The molecule has 2 aromatic carbocycles. The van der Waals surface area contributed by atoms with Crippen molar-refractivity contribution in [3.8, 4) is 6.07 Å². The highest BCUT2D eigenvalue weighted by Gasteiger charge is 2.11. The van der Waals surface area contributed by atoms with Crippen molar-refractivity contribution in [3.63, 3.8) is 0 Å². The molecule has 0 atom stereocenters. The second kappa shape index (κ2) is 6.37. The maximum atomic E-state index is 13.3. The minimum atomic E-state index is -1.33. The molecule has 2 aromatic rings. The molecule has 0 radical (unpaired) electrons. The first kappa shape index (κ1) is 15.0. The van der Waals surface area contributed by atoms with E-state index in [0.717, 1.165) is 11.6 Å². The predicted molar refractivity (Wildman–Crippen MR) is 74.0 cm³/mol. The number of benzene rings is 2. The maximum Gasteiger partial charge on any atom is 0.338 e. The van der Waals surface area contributed by atoms with Gasteiger partial charge in [-0.3, -0.25) is 0 Å². The van der Waals surface area contributed by atoms with Crippen molar-refractivity contribution in [3.05, 3.63) is 64.7 Å². The molecule has 0 aliphatic heterocycles. The fourth-order valence-electron chi connectivity index (χ4n) is 1.67. The van der Waals surface area contributed by atoms with Crippen molar-refractivity contribution in [2.24, 2.45) is 0 Å². The first-order valence-corrected chi connectivity index (χ1v) is 6.84. The van der Waals surface area contributed by atoms with Crippen molar-refractivity contribution in [2.45, 2.75) is 10.6 Å². The maximum absolute atomic E-state index is 13.3. The summed E-state index contributed by atoms with van der Waals surface area (Å²) < 4.78 is 26.4. The lowest BCUT2D eigenvalue weighted by Gasteiger charge is -2.05. The summed E-state index contributed by atoms with van der Waals surface area (Å²) >= 11 is 1.28. The Labute approximate surface area is 123 Å². The molecule has 0 aliphatic carbocycles. The molecule has 3 nitrogen and oxygen atoms in total. The Morgan fingerprint density at radius 3 is 2.57 bits per heavy atom. The third-order valence-electron chi connectivity index (χ3n) is 2.72. The fraction of sp³-hybridized carbons (Fsp3) is 0.0667. The largest absolute Gasteiger partial charge is 0.478 e. The van der Waals surface area contributed by atoms with Gasteiger partial charge in [0.1, 0.15) is 17.7 Å². The molecule has 106 valence electrons. The monoisotopic (exact) mass is 305 g/mol. The van der Waals surface area contributed by atoms with E-state index >= 15 is 0 Å². The van der Waals surface area contributed by atoms with E-state index in [2.05, 4.69) is 0 Å². The number of thioether (sulfide) groups is 1. The summed E-state index contributed by atoms with van der Waals surface area (Å²) in [5.74, 6) is -2.29. The van der Waals surface area contributed by atoms with Gasteiger partial charge in [0.05, 0.1) is 11.1 Å². The molecule has 0 aromatic heterocycles. The van der Waals surface area contributed by atoms with Crippen LogP contribution in [0.3, 0.4) is 0 Å². The van der Waals surface area contributed by atoms with Gasteiger partial charge in [0, 0.05) is 10.6 Å². The highest BCUT2D eigenvalue weighted by atomic mass is 32.2. The summed E-state index contributed by atoms with van der Waals surface area (Å²) in [6, 6.07) is 9.76. The molecule has 6 heteroatoms. The zero-order valence-electron chi connectivity index (χ0n) is 10.6. The SMILES string of the molecule is N#Cc1cc(CSc2ccc(F)c(C(=O)O)c2)ccc1F. The van der Waals surface area contributed by atoms with Crippen LogP contribution < -0.4 is 0 Å². The fourth-order valence-corrected chi connectivity index (χ4v) is 2.55. The molecule has 0 bridgehead atoms. The molecular formula is C15H9F2NO2S. The lowest BCUT2D eigenvalue weighted by molar-refractivity contribution is 0.0691. The number of rotatable bonds is 4. The Kier molecular flexibility index (Phi) is 4.55. The number of halogens is 2. The quantitative estimate of drug-likeness (QED) is 0.872. The molecule has 2 rings (SSSR count). The molecule has 21 heavy (non-hydrogen) atoms. The molecule has 0 spiro atoms. The molecular weight excluding hydrogens is 296 g/mol. The molecule has 0 saturated carbocycles. The van der Waals surface area contributed by atoms with Crippen molar-refractivity contribution < 1.29 is 18.7 Å². The van der Waals surface area contributed by atoms with Crippen LogP contribution in [-0.4, -0.2) is 11.1 Å². The van der Waals surface area contributed by atoms with Gasteiger partial charge in [-0.2, -0.15) is 5.26 Å². The minimum Gasteiger partial charge on any atom is -0.478 e. The van der Waals surface area contributed by atoms with Gasteiger partial charge in [-0.1, -0.05) is 6.07 Å². The molecule has 0 fully saturated rings. The van der Waals surface area contributed by atoms with Gasteiger partial charge in [0.15, 0.2) is 0 Å². The average molecular weight is 305 g/mol. The smallest absolute Gasteiger partial charge is 0.338 e. The van der Waals surface area contributed by atoms with Crippen molar-refractivity contribution in [1.82, 2.24) is 0 Å². The number of aromatic carboxylic acids is 1. The summed E-state index contributed by atoms with van der Waals surface area (Å²) in [5.41, 5.74) is 0.286. The number of nitrogens with zero attached hydrogens (tertiary/aromatic N) is 1. The molecule has 0 aliphatic rings. The average Bonchev–Trinajstić information content (AvgIpc) is 2.47. The van der Waals surface area contributed by atoms with Gasteiger partial charge >= 0.3 is 5.97 Å². The topological polar surface area (TPSA) is 61.1 Å². The van der Waals surface area contributed by atoms with Crippen LogP contribution in [0.5, 0.6) is 0 Å². The van der Waals surface area contributed by atoms with Gasteiger partial charge in [-0.15, -0.1) is 11.8 Å². The number of hydrogen-bond donors (Lipinski definition) is 1. The number of hydrogen-bond acceptors (Lipinski definition) is 3. The van der Waals surface area contributed by atoms with Crippen LogP contribution in [0.4, 0.5) is 8.78 Å².